The van der Waals surface area contributed by atoms with Gasteiger partial charge in [0.15, 0.2) is 5.75 Å². The number of methoxy groups -OCH3 is 1. The first-order valence-corrected chi connectivity index (χ1v) is 11.7. The van der Waals surface area contributed by atoms with E-state index in [9.17, 15) is 4.79 Å². The summed E-state index contributed by atoms with van der Waals surface area (Å²) in [5.74, 6) is 3.75. The van der Waals surface area contributed by atoms with Crippen LogP contribution in [0.15, 0.2) is 41.4 Å². The average Bonchev–Trinajstić information content (AvgIpc) is 3.00. The fourth-order valence-corrected chi connectivity index (χ4v) is 4.98. The lowest BCUT2D eigenvalue weighted by Crippen LogP contribution is -2.52. The Kier molecular flexibility index (Phi) is 5.77. The summed E-state index contributed by atoms with van der Waals surface area (Å²) in [6.45, 7) is 5.03. The van der Waals surface area contributed by atoms with Gasteiger partial charge < -0.3 is 19.3 Å². The van der Waals surface area contributed by atoms with Crippen molar-refractivity contribution in [3.63, 3.8) is 0 Å². The molecule has 3 aliphatic rings. The molecule has 2 aliphatic heterocycles. The monoisotopic (exact) mass is 433 g/mol. The Morgan fingerprint density at radius 1 is 1.00 bits per heavy atom. The first-order valence-electron chi connectivity index (χ1n) is 11.7. The molecule has 2 aromatic carbocycles. The van der Waals surface area contributed by atoms with Gasteiger partial charge in [-0.1, -0.05) is 25.3 Å². The number of amidine groups is 1. The Balaban J connectivity index is 1.42. The highest BCUT2D eigenvalue weighted by atomic mass is 16.5. The lowest BCUT2D eigenvalue weighted by molar-refractivity contribution is -0.137. The van der Waals surface area contributed by atoms with E-state index >= 15 is 0 Å². The van der Waals surface area contributed by atoms with Crippen molar-refractivity contribution in [3.8, 4) is 17.2 Å². The standard InChI is InChI=1S/C26H31N3O3/c1-18-8-10-22-24(16-18)32-23-11-9-20(31-2)17-21(23)25(27-22)28-12-14-29(15-13-28)26(30)19-6-4-3-5-7-19/h8-11,16-17,19H,3-7,12-15H2,1-2H3. The van der Waals surface area contributed by atoms with Crippen LogP contribution in [0.3, 0.4) is 0 Å². The van der Waals surface area contributed by atoms with Crippen molar-refractivity contribution < 1.29 is 14.3 Å². The number of carbonyl (C=O) groups is 1. The molecule has 6 heteroatoms. The van der Waals surface area contributed by atoms with Crippen LogP contribution in [-0.4, -0.2) is 54.8 Å². The second-order valence-corrected chi connectivity index (χ2v) is 9.02. The van der Waals surface area contributed by atoms with Crippen LogP contribution in [0.4, 0.5) is 5.69 Å². The Morgan fingerprint density at radius 2 is 1.78 bits per heavy atom. The zero-order valence-electron chi connectivity index (χ0n) is 19.0. The molecule has 2 aromatic rings. The van der Waals surface area contributed by atoms with Gasteiger partial charge in [-0.05, 0) is 55.7 Å². The predicted octanol–water partition coefficient (Wildman–Crippen LogP) is 4.91. The molecule has 0 unspecified atom stereocenters. The van der Waals surface area contributed by atoms with Gasteiger partial charge >= 0.3 is 0 Å². The zero-order valence-corrected chi connectivity index (χ0v) is 19.0. The molecule has 0 N–H and O–H groups in total. The summed E-state index contributed by atoms with van der Waals surface area (Å²) in [4.78, 5) is 22.4. The number of nitrogens with zero attached hydrogens (tertiary/aromatic N) is 3. The normalized spacial score (nSPS) is 18.8. The zero-order chi connectivity index (χ0) is 22.1. The van der Waals surface area contributed by atoms with Gasteiger partial charge in [-0.15, -0.1) is 0 Å². The van der Waals surface area contributed by atoms with Crippen molar-refractivity contribution in [2.24, 2.45) is 10.9 Å². The molecule has 1 saturated heterocycles. The van der Waals surface area contributed by atoms with E-state index in [1.165, 1.54) is 19.3 Å². The quantitative estimate of drug-likeness (QED) is 0.675. The number of aliphatic imine (C=N–C) groups is 1. The molecule has 0 bridgehead atoms. The topological polar surface area (TPSA) is 54.4 Å². The van der Waals surface area contributed by atoms with E-state index in [0.717, 1.165) is 78.9 Å². The van der Waals surface area contributed by atoms with Gasteiger partial charge in [-0.3, -0.25) is 4.79 Å². The van der Waals surface area contributed by atoms with Crippen LogP contribution < -0.4 is 9.47 Å². The van der Waals surface area contributed by atoms with E-state index < -0.39 is 0 Å². The van der Waals surface area contributed by atoms with E-state index in [2.05, 4.69) is 22.8 Å². The van der Waals surface area contributed by atoms with E-state index in [4.69, 9.17) is 14.5 Å². The number of rotatable bonds is 2. The number of fused-ring (bicyclic) bond motifs is 2. The molecule has 0 aromatic heterocycles. The first kappa shape index (κ1) is 20.9. The van der Waals surface area contributed by atoms with Crippen molar-refractivity contribution in [1.82, 2.24) is 9.80 Å². The summed E-state index contributed by atoms with van der Waals surface area (Å²) in [7, 11) is 1.67. The number of benzene rings is 2. The van der Waals surface area contributed by atoms with Crippen LogP contribution in [0.2, 0.25) is 0 Å². The van der Waals surface area contributed by atoms with Crippen LogP contribution in [0.5, 0.6) is 17.2 Å². The summed E-state index contributed by atoms with van der Waals surface area (Å²) in [5.41, 5.74) is 2.87. The maximum atomic E-state index is 13.0. The third-order valence-corrected chi connectivity index (χ3v) is 6.83. The van der Waals surface area contributed by atoms with Gasteiger partial charge in [0.25, 0.3) is 0 Å². The minimum Gasteiger partial charge on any atom is -0.497 e. The maximum Gasteiger partial charge on any atom is 0.225 e. The smallest absolute Gasteiger partial charge is 0.225 e. The van der Waals surface area contributed by atoms with Crippen molar-refractivity contribution in [1.29, 1.82) is 0 Å². The van der Waals surface area contributed by atoms with Gasteiger partial charge in [0, 0.05) is 32.1 Å². The van der Waals surface area contributed by atoms with E-state index in [1.807, 2.05) is 30.3 Å². The number of carbonyl (C=O) groups excluding carboxylic acids is 1. The minimum absolute atomic E-state index is 0.221. The molecule has 2 heterocycles. The summed E-state index contributed by atoms with van der Waals surface area (Å²) >= 11 is 0. The number of hydrogen-bond donors (Lipinski definition) is 0. The number of ether oxygens (including phenoxy) is 2. The molecule has 1 amide bonds. The molecule has 6 nitrogen and oxygen atoms in total. The molecular formula is C26H31N3O3. The Hall–Kier alpha value is -3.02. The Morgan fingerprint density at radius 3 is 2.53 bits per heavy atom. The molecule has 32 heavy (non-hydrogen) atoms. The molecule has 2 fully saturated rings. The Bertz CT molecular complexity index is 1030. The van der Waals surface area contributed by atoms with Crippen LogP contribution in [0, 0.1) is 12.8 Å². The average molecular weight is 434 g/mol. The van der Waals surface area contributed by atoms with Crippen LogP contribution in [0.25, 0.3) is 0 Å². The van der Waals surface area contributed by atoms with E-state index in [0.29, 0.717) is 5.91 Å². The van der Waals surface area contributed by atoms with Crippen LogP contribution in [-0.2, 0) is 4.79 Å². The first-order chi connectivity index (χ1) is 15.6. The number of aryl methyl sites for hydroxylation is 1. The van der Waals surface area contributed by atoms with E-state index in [1.54, 1.807) is 7.11 Å². The van der Waals surface area contributed by atoms with Crippen molar-refractivity contribution in [2.45, 2.75) is 39.0 Å². The number of piperazine rings is 1. The second kappa shape index (κ2) is 8.85. The number of amides is 1. The molecule has 168 valence electrons. The predicted molar refractivity (Wildman–Crippen MR) is 125 cm³/mol. The number of hydrogen-bond acceptors (Lipinski definition) is 5. The molecule has 0 radical (unpaired) electrons. The molecular weight excluding hydrogens is 402 g/mol. The summed E-state index contributed by atoms with van der Waals surface area (Å²) in [6, 6.07) is 11.9. The van der Waals surface area contributed by atoms with Gasteiger partial charge in [0.05, 0.1) is 12.7 Å². The maximum absolute atomic E-state index is 13.0. The third-order valence-electron chi connectivity index (χ3n) is 6.83. The van der Waals surface area contributed by atoms with Crippen molar-refractivity contribution in [2.75, 3.05) is 33.3 Å². The third kappa shape index (κ3) is 4.06. The largest absolute Gasteiger partial charge is 0.497 e. The summed E-state index contributed by atoms with van der Waals surface area (Å²) in [5, 5.41) is 0. The van der Waals surface area contributed by atoms with Gasteiger partial charge in [-0.25, -0.2) is 4.99 Å². The molecule has 1 saturated carbocycles. The van der Waals surface area contributed by atoms with Gasteiger partial charge in [0.1, 0.15) is 23.0 Å². The fraction of sp³-hybridized carbons (Fsp3) is 0.462. The second-order valence-electron chi connectivity index (χ2n) is 9.02. The Labute approximate surface area is 189 Å². The molecule has 5 rings (SSSR count). The fourth-order valence-electron chi connectivity index (χ4n) is 4.98. The minimum atomic E-state index is 0.221. The SMILES string of the molecule is COc1ccc2c(c1)C(N1CCN(C(=O)C3CCCCC3)CC1)=Nc1ccc(C)cc1O2. The highest BCUT2D eigenvalue weighted by molar-refractivity contribution is 6.04. The molecule has 0 atom stereocenters. The van der Waals surface area contributed by atoms with Crippen molar-refractivity contribution >= 4 is 17.4 Å². The lowest BCUT2D eigenvalue weighted by Gasteiger charge is -2.38. The van der Waals surface area contributed by atoms with Gasteiger partial charge in [0.2, 0.25) is 5.91 Å². The van der Waals surface area contributed by atoms with Crippen LogP contribution >= 0.6 is 0 Å². The van der Waals surface area contributed by atoms with E-state index in [-0.39, 0.29) is 5.92 Å². The highest BCUT2D eigenvalue weighted by Gasteiger charge is 2.31. The molecule has 0 spiro atoms. The van der Waals surface area contributed by atoms with Crippen LogP contribution in [0.1, 0.15) is 43.2 Å². The molecule has 1 aliphatic carbocycles. The highest BCUT2D eigenvalue weighted by Crippen LogP contribution is 2.40. The van der Waals surface area contributed by atoms with Crippen molar-refractivity contribution in [3.05, 3.63) is 47.5 Å². The summed E-state index contributed by atoms with van der Waals surface area (Å²) in [6.07, 6.45) is 5.73. The lowest BCUT2D eigenvalue weighted by atomic mass is 9.88. The van der Waals surface area contributed by atoms with Gasteiger partial charge in [-0.2, -0.15) is 0 Å². The summed E-state index contributed by atoms with van der Waals surface area (Å²) < 4.78 is 11.8.